The Labute approximate surface area is 226 Å². The van der Waals surface area contributed by atoms with Crippen molar-refractivity contribution in [3.63, 3.8) is 0 Å². The second kappa shape index (κ2) is 9.23. The zero-order chi connectivity index (χ0) is 25.0. The maximum Gasteiger partial charge on any atom is 0.242 e. The number of carbonyl (C=O) groups excluding carboxylic acids is 1. The van der Waals surface area contributed by atoms with E-state index in [1.165, 1.54) is 24.3 Å². The van der Waals surface area contributed by atoms with Gasteiger partial charge in [0.05, 0.1) is 9.93 Å². The lowest BCUT2D eigenvalue weighted by molar-refractivity contribution is -0.116. The van der Waals surface area contributed by atoms with Crippen LogP contribution in [0, 0.1) is 13.8 Å². The number of nitrogens with one attached hydrogen (secondary N) is 2. The Morgan fingerprint density at radius 2 is 1.42 bits per heavy atom. The SMILES string of the molecule is Cc1ccc(N[C@]2(NS(=O)(=O)c3ccc(Cl)cc3)C(Cl)=C(Cl)C(=O)C(Cl)(Cl)C2(Cl)Cl)cc1C. The first-order valence-electron chi connectivity index (χ1n) is 9.08. The third-order valence-electron chi connectivity index (χ3n) is 5.12. The fourth-order valence-corrected chi connectivity index (χ4v) is 6.53. The minimum Gasteiger partial charge on any atom is -0.359 e. The molecule has 0 fully saturated rings. The highest BCUT2D eigenvalue weighted by Crippen LogP contribution is 2.58. The molecule has 0 saturated carbocycles. The quantitative estimate of drug-likeness (QED) is 0.293. The highest BCUT2D eigenvalue weighted by Gasteiger charge is 2.71. The van der Waals surface area contributed by atoms with Crippen LogP contribution in [0.2, 0.25) is 5.02 Å². The molecular weight excluding hydrogens is 596 g/mol. The van der Waals surface area contributed by atoms with Gasteiger partial charge in [0.2, 0.25) is 24.5 Å². The third kappa shape index (κ3) is 4.59. The minimum atomic E-state index is -4.41. The summed E-state index contributed by atoms with van der Waals surface area (Å²) in [5, 5.41) is 1.99. The Morgan fingerprint density at radius 3 is 1.97 bits per heavy atom. The van der Waals surface area contributed by atoms with Crippen molar-refractivity contribution in [3.05, 3.63) is 68.7 Å². The fourth-order valence-electron chi connectivity index (χ4n) is 3.10. The molecule has 1 aliphatic rings. The number of alkyl halides is 4. The van der Waals surface area contributed by atoms with Gasteiger partial charge in [0.25, 0.3) is 0 Å². The van der Waals surface area contributed by atoms with Crippen molar-refractivity contribution in [1.29, 1.82) is 0 Å². The van der Waals surface area contributed by atoms with E-state index in [0.717, 1.165) is 11.1 Å². The van der Waals surface area contributed by atoms with Crippen LogP contribution >= 0.6 is 81.2 Å². The highest BCUT2D eigenvalue weighted by atomic mass is 35.5. The largest absolute Gasteiger partial charge is 0.359 e. The first-order valence-corrected chi connectivity index (χ1v) is 13.2. The van der Waals surface area contributed by atoms with Gasteiger partial charge in [-0.3, -0.25) is 4.79 Å². The number of sulfonamides is 1. The van der Waals surface area contributed by atoms with Crippen LogP contribution < -0.4 is 10.0 Å². The van der Waals surface area contributed by atoms with E-state index in [1.54, 1.807) is 18.2 Å². The predicted molar refractivity (Wildman–Crippen MR) is 137 cm³/mol. The molecular formula is C20H15Cl7N2O3S. The molecule has 2 aromatic rings. The number of Topliss-reactive ketones (excluding diaryl/α,β-unsaturated/α-hetero) is 1. The number of ketones is 1. The Kier molecular flexibility index (Phi) is 7.60. The number of anilines is 1. The molecule has 2 N–H and O–H groups in total. The summed E-state index contributed by atoms with van der Waals surface area (Å²) in [6.07, 6.45) is 0. The number of halogens is 7. The van der Waals surface area contributed by atoms with Gasteiger partial charge in [-0.05, 0) is 61.4 Å². The van der Waals surface area contributed by atoms with Crippen molar-refractivity contribution in [1.82, 2.24) is 4.72 Å². The van der Waals surface area contributed by atoms with E-state index in [-0.39, 0.29) is 4.90 Å². The lowest BCUT2D eigenvalue weighted by atomic mass is 9.92. The third-order valence-corrected chi connectivity index (χ3v) is 10.2. The Hall–Kier alpha value is -0.410. The van der Waals surface area contributed by atoms with E-state index >= 15 is 0 Å². The molecule has 0 amide bonds. The minimum absolute atomic E-state index is 0.204. The van der Waals surface area contributed by atoms with Crippen LogP contribution in [-0.2, 0) is 14.8 Å². The van der Waals surface area contributed by atoms with Crippen molar-refractivity contribution < 1.29 is 13.2 Å². The molecule has 0 bridgehead atoms. The van der Waals surface area contributed by atoms with E-state index in [0.29, 0.717) is 10.7 Å². The van der Waals surface area contributed by atoms with Gasteiger partial charge in [0.1, 0.15) is 5.03 Å². The van der Waals surface area contributed by atoms with Crippen LogP contribution in [0.4, 0.5) is 5.69 Å². The summed E-state index contributed by atoms with van der Waals surface area (Å²) < 4.78 is 23.9. The Morgan fingerprint density at radius 1 is 0.848 bits per heavy atom. The van der Waals surface area contributed by atoms with Gasteiger partial charge in [0, 0.05) is 10.7 Å². The molecule has 13 heteroatoms. The van der Waals surface area contributed by atoms with Crippen LogP contribution in [-0.4, -0.2) is 28.5 Å². The molecule has 1 aliphatic carbocycles. The Bertz CT molecular complexity index is 1260. The molecule has 2 aromatic carbocycles. The van der Waals surface area contributed by atoms with Crippen molar-refractivity contribution in [2.24, 2.45) is 0 Å². The van der Waals surface area contributed by atoms with E-state index in [1.807, 2.05) is 13.8 Å². The fraction of sp³-hybridized carbons (Fsp3) is 0.250. The van der Waals surface area contributed by atoms with Crippen molar-refractivity contribution in [3.8, 4) is 0 Å². The van der Waals surface area contributed by atoms with Gasteiger partial charge in [-0.25, -0.2) is 8.42 Å². The average molecular weight is 612 g/mol. The monoisotopic (exact) mass is 608 g/mol. The van der Waals surface area contributed by atoms with E-state index in [4.69, 9.17) is 81.2 Å². The molecule has 178 valence electrons. The van der Waals surface area contributed by atoms with Crippen LogP contribution in [0.15, 0.2) is 57.4 Å². The number of allylic oxidation sites excluding steroid dienone is 1. The van der Waals surface area contributed by atoms with Crippen molar-refractivity contribution in [2.75, 3.05) is 5.32 Å². The molecule has 0 heterocycles. The molecule has 3 rings (SSSR count). The van der Waals surface area contributed by atoms with Crippen LogP contribution in [0.1, 0.15) is 11.1 Å². The van der Waals surface area contributed by atoms with Crippen LogP contribution in [0.25, 0.3) is 0 Å². The summed E-state index contributed by atoms with van der Waals surface area (Å²) >= 11 is 44.2. The van der Waals surface area contributed by atoms with Gasteiger partial charge in [0.15, 0.2) is 5.66 Å². The first kappa shape index (κ1) is 27.2. The second-order valence-electron chi connectivity index (χ2n) is 7.34. The van der Waals surface area contributed by atoms with E-state index in [2.05, 4.69) is 10.0 Å². The van der Waals surface area contributed by atoms with E-state index in [9.17, 15) is 13.2 Å². The van der Waals surface area contributed by atoms with Crippen LogP contribution in [0.5, 0.6) is 0 Å². The van der Waals surface area contributed by atoms with Crippen molar-refractivity contribution in [2.45, 2.75) is 33.1 Å². The van der Waals surface area contributed by atoms with Gasteiger partial charge >= 0.3 is 0 Å². The molecule has 0 radical (unpaired) electrons. The Balaban J connectivity index is 2.29. The molecule has 5 nitrogen and oxygen atoms in total. The zero-order valence-electron chi connectivity index (χ0n) is 16.8. The lowest BCUT2D eigenvalue weighted by Crippen LogP contribution is -2.73. The summed E-state index contributed by atoms with van der Waals surface area (Å²) in [4.78, 5) is 12.5. The number of aryl methyl sites for hydroxylation is 2. The summed E-state index contributed by atoms with van der Waals surface area (Å²) in [7, 11) is -4.41. The predicted octanol–water partition coefficient (Wildman–Crippen LogP) is 6.66. The summed E-state index contributed by atoms with van der Waals surface area (Å²) in [6.45, 7) is 3.72. The standard InChI is InChI=1S/C20H15Cl7N2O3S/c1-10-3-6-13(9-11(10)2)28-19(29-33(31,32)14-7-4-12(21)5-8-14)16(23)15(22)17(30)18(24,25)20(19,26)27/h3-9,28-29H,1-2H3/t19-/m0/s1. The van der Waals surface area contributed by atoms with Gasteiger partial charge < -0.3 is 5.32 Å². The number of carbonyl (C=O) groups is 1. The summed E-state index contributed by atoms with van der Waals surface area (Å²) in [5.41, 5.74) is -0.219. The normalized spacial score (nSPS) is 22.4. The number of hydrogen-bond acceptors (Lipinski definition) is 4. The van der Waals surface area contributed by atoms with Gasteiger partial charge in [-0.2, -0.15) is 4.72 Å². The zero-order valence-corrected chi connectivity index (χ0v) is 22.9. The molecule has 0 saturated heterocycles. The number of rotatable bonds is 5. The first-order chi connectivity index (χ1) is 15.1. The second-order valence-corrected chi connectivity index (χ2v) is 12.9. The molecule has 0 aliphatic heterocycles. The number of benzene rings is 2. The molecule has 0 spiro atoms. The highest BCUT2D eigenvalue weighted by molar-refractivity contribution is 7.89. The average Bonchev–Trinajstić information content (AvgIpc) is 2.73. The number of hydrogen-bond donors (Lipinski definition) is 2. The maximum absolute atomic E-state index is 13.4. The van der Waals surface area contributed by atoms with Gasteiger partial charge in [-0.1, -0.05) is 87.3 Å². The topological polar surface area (TPSA) is 75.3 Å². The molecule has 0 unspecified atom stereocenters. The lowest BCUT2D eigenvalue weighted by Gasteiger charge is -2.50. The summed E-state index contributed by atoms with van der Waals surface area (Å²) in [6, 6.07) is 10.3. The van der Waals surface area contributed by atoms with E-state index < -0.39 is 40.2 Å². The smallest absolute Gasteiger partial charge is 0.242 e. The summed E-state index contributed by atoms with van der Waals surface area (Å²) in [5.74, 6) is -1.09. The maximum atomic E-state index is 13.4. The van der Waals surface area contributed by atoms with Crippen molar-refractivity contribution >= 4 is 103 Å². The van der Waals surface area contributed by atoms with Crippen LogP contribution in [0.3, 0.4) is 0 Å². The van der Waals surface area contributed by atoms with Gasteiger partial charge in [-0.15, -0.1) is 0 Å². The molecule has 0 aromatic heterocycles. The molecule has 33 heavy (non-hydrogen) atoms. The molecule has 1 atom stereocenters.